The number of rotatable bonds is 5. The van der Waals surface area contributed by atoms with Crippen LogP contribution in [0.1, 0.15) is 51.0 Å². The summed E-state index contributed by atoms with van der Waals surface area (Å²) in [7, 11) is 0. The first kappa shape index (κ1) is 21.3. The maximum absolute atomic E-state index is 13.4. The van der Waals surface area contributed by atoms with Gasteiger partial charge in [-0.05, 0) is 58.7 Å². The fraction of sp³-hybridized carbons (Fsp3) is 0.591. The second-order valence-electron chi connectivity index (χ2n) is 9.40. The Hall–Kier alpha value is -2.97. The third kappa shape index (κ3) is 4.70. The van der Waals surface area contributed by atoms with Gasteiger partial charge in [-0.15, -0.1) is 5.10 Å². The SMILES string of the molecule is CC1(C)CN(C(=O)C2CCCC2NC(=O)Cn2cnnn2)CCC1c1ccc(O)cc1. The second kappa shape index (κ2) is 8.64. The molecule has 2 N–H and O–H groups in total. The van der Waals surface area contributed by atoms with E-state index in [0.717, 1.165) is 25.7 Å². The van der Waals surface area contributed by atoms with Crippen molar-refractivity contribution in [1.29, 1.82) is 0 Å². The number of likely N-dealkylation sites (tertiary alicyclic amines) is 1. The molecule has 0 radical (unpaired) electrons. The Balaban J connectivity index is 1.38. The normalized spacial score (nSPS) is 25.4. The van der Waals surface area contributed by atoms with Crippen LogP contribution in [0.25, 0.3) is 0 Å². The van der Waals surface area contributed by atoms with Crippen LogP contribution in [-0.2, 0) is 16.1 Å². The average molecular weight is 427 g/mol. The molecule has 166 valence electrons. The lowest BCUT2D eigenvalue weighted by molar-refractivity contribution is -0.140. The molecule has 1 aliphatic heterocycles. The number of nitrogens with zero attached hydrogens (tertiary/aromatic N) is 5. The third-order valence-corrected chi connectivity index (χ3v) is 6.71. The minimum Gasteiger partial charge on any atom is -0.508 e. The highest BCUT2D eigenvalue weighted by atomic mass is 16.3. The number of phenolic OH excluding ortho intramolecular Hbond substituents is 1. The number of aromatic hydroxyl groups is 1. The second-order valence-corrected chi connectivity index (χ2v) is 9.40. The van der Waals surface area contributed by atoms with E-state index >= 15 is 0 Å². The van der Waals surface area contributed by atoms with Gasteiger partial charge in [-0.2, -0.15) is 0 Å². The standard InChI is InChI=1S/C22H30N6O3/c1-22(2)13-27(11-10-18(22)15-6-8-16(29)9-7-15)21(31)17-4-3-5-19(17)24-20(30)12-28-14-23-25-26-28/h6-9,14,17-19,29H,3-5,10-13H2,1-2H3,(H,24,30). The van der Waals surface area contributed by atoms with Crippen molar-refractivity contribution in [3.05, 3.63) is 36.2 Å². The Bertz CT molecular complexity index is 912. The van der Waals surface area contributed by atoms with Crippen molar-refractivity contribution in [2.45, 2.75) is 58.0 Å². The number of hydrogen-bond donors (Lipinski definition) is 2. The molecule has 1 aromatic carbocycles. The maximum Gasteiger partial charge on any atom is 0.242 e. The summed E-state index contributed by atoms with van der Waals surface area (Å²) in [6.45, 7) is 5.83. The van der Waals surface area contributed by atoms with Gasteiger partial charge in [0.2, 0.25) is 11.8 Å². The first-order valence-electron chi connectivity index (χ1n) is 10.9. The lowest BCUT2D eigenvalue weighted by Crippen LogP contribution is -2.52. The highest BCUT2D eigenvalue weighted by Gasteiger charge is 2.42. The number of carbonyl (C=O) groups excluding carboxylic acids is 2. The Morgan fingerprint density at radius 1 is 1.19 bits per heavy atom. The highest BCUT2D eigenvalue weighted by Crippen LogP contribution is 2.43. The summed E-state index contributed by atoms with van der Waals surface area (Å²) in [6, 6.07) is 7.27. The molecule has 2 aromatic rings. The summed E-state index contributed by atoms with van der Waals surface area (Å²) in [5, 5.41) is 23.4. The number of aromatic nitrogens is 4. The predicted molar refractivity (Wildman–Crippen MR) is 113 cm³/mol. The van der Waals surface area contributed by atoms with Crippen molar-refractivity contribution < 1.29 is 14.7 Å². The van der Waals surface area contributed by atoms with E-state index in [2.05, 4.69) is 34.7 Å². The fourth-order valence-corrected chi connectivity index (χ4v) is 5.18. The largest absolute Gasteiger partial charge is 0.508 e. The van der Waals surface area contributed by atoms with Crippen LogP contribution in [0.3, 0.4) is 0 Å². The molecule has 9 nitrogen and oxygen atoms in total. The van der Waals surface area contributed by atoms with E-state index in [4.69, 9.17) is 0 Å². The van der Waals surface area contributed by atoms with Crippen molar-refractivity contribution in [2.24, 2.45) is 11.3 Å². The van der Waals surface area contributed by atoms with Crippen LogP contribution >= 0.6 is 0 Å². The molecular formula is C22H30N6O3. The Kier molecular flexibility index (Phi) is 5.93. The van der Waals surface area contributed by atoms with Crippen molar-refractivity contribution in [3.63, 3.8) is 0 Å². The molecule has 2 fully saturated rings. The molecule has 0 spiro atoms. The Morgan fingerprint density at radius 3 is 2.65 bits per heavy atom. The van der Waals surface area contributed by atoms with E-state index < -0.39 is 0 Å². The molecule has 1 saturated carbocycles. The van der Waals surface area contributed by atoms with Gasteiger partial charge in [-0.3, -0.25) is 9.59 Å². The first-order valence-corrected chi connectivity index (χ1v) is 10.9. The molecular weight excluding hydrogens is 396 g/mol. The molecule has 0 bridgehead atoms. The molecule has 31 heavy (non-hydrogen) atoms. The number of nitrogens with one attached hydrogen (secondary N) is 1. The average Bonchev–Trinajstić information content (AvgIpc) is 3.39. The lowest BCUT2D eigenvalue weighted by atomic mass is 9.70. The van der Waals surface area contributed by atoms with Gasteiger partial charge in [-0.25, -0.2) is 4.68 Å². The van der Waals surface area contributed by atoms with Crippen LogP contribution < -0.4 is 5.32 Å². The summed E-state index contributed by atoms with van der Waals surface area (Å²) < 4.78 is 1.37. The number of tetrazole rings is 1. The van der Waals surface area contributed by atoms with Crippen LogP contribution in [0.5, 0.6) is 5.75 Å². The number of benzene rings is 1. The van der Waals surface area contributed by atoms with E-state index in [9.17, 15) is 14.7 Å². The van der Waals surface area contributed by atoms with Crippen LogP contribution in [0.4, 0.5) is 0 Å². The number of amides is 2. The van der Waals surface area contributed by atoms with Crippen molar-refractivity contribution >= 4 is 11.8 Å². The topological polar surface area (TPSA) is 113 Å². The first-order chi connectivity index (χ1) is 14.8. The summed E-state index contributed by atoms with van der Waals surface area (Å²) >= 11 is 0. The molecule has 2 aliphatic rings. The zero-order chi connectivity index (χ0) is 22.0. The van der Waals surface area contributed by atoms with Gasteiger partial charge in [0.1, 0.15) is 18.6 Å². The maximum atomic E-state index is 13.4. The molecule has 3 atom stereocenters. The van der Waals surface area contributed by atoms with Gasteiger partial charge in [0.15, 0.2) is 0 Å². The molecule has 9 heteroatoms. The van der Waals surface area contributed by atoms with E-state index in [0.29, 0.717) is 19.0 Å². The molecule has 4 rings (SSSR count). The number of phenols is 1. The van der Waals surface area contributed by atoms with Crippen molar-refractivity contribution in [2.75, 3.05) is 13.1 Å². The van der Waals surface area contributed by atoms with Gasteiger partial charge in [0.05, 0.1) is 5.92 Å². The molecule has 1 saturated heterocycles. The van der Waals surface area contributed by atoms with E-state index in [1.807, 2.05) is 17.0 Å². The zero-order valence-corrected chi connectivity index (χ0v) is 18.1. The number of piperidine rings is 1. The van der Waals surface area contributed by atoms with Gasteiger partial charge in [0.25, 0.3) is 0 Å². The number of carbonyl (C=O) groups is 2. The minimum absolute atomic E-state index is 0.0511. The minimum atomic E-state index is -0.182. The van der Waals surface area contributed by atoms with Crippen LogP contribution in [0.15, 0.2) is 30.6 Å². The zero-order valence-electron chi connectivity index (χ0n) is 18.1. The quantitative estimate of drug-likeness (QED) is 0.752. The van der Waals surface area contributed by atoms with Crippen LogP contribution in [0.2, 0.25) is 0 Å². The van der Waals surface area contributed by atoms with E-state index in [1.54, 1.807) is 12.1 Å². The van der Waals surface area contributed by atoms with Crippen molar-refractivity contribution in [1.82, 2.24) is 30.4 Å². The summed E-state index contributed by atoms with van der Waals surface area (Å²) in [5.74, 6) is 0.376. The highest BCUT2D eigenvalue weighted by molar-refractivity contribution is 5.82. The third-order valence-electron chi connectivity index (χ3n) is 6.71. The Labute approximate surface area is 181 Å². The smallest absolute Gasteiger partial charge is 0.242 e. The lowest BCUT2D eigenvalue weighted by Gasteiger charge is -2.45. The van der Waals surface area contributed by atoms with E-state index in [-0.39, 0.29) is 41.5 Å². The van der Waals surface area contributed by atoms with Gasteiger partial charge in [-0.1, -0.05) is 32.4 Å². The molecule has 1 aliphatic carbocycles. The molecule has 3 unspecified atom stereocenters. The summed E-state index contributed by atoms with van der Waals surface area (Å²) in [5.41, 5.74) is 1.12. The van der Waals surface area contributed by atoms with E-state index in [1.165, 1.54) is 16.6 Å². The molecule has 1 aromatic heterocycles. The predicted octanol–water partition coefficient (Wildman–Crippen LogP) is 1.71. The van der Waals surface area contributed by atoms with Crippen LogP contribution in [0, 0.1) is 11.3 Å². The molecule has 2 amide bonds. The monoisotopic (exact) mass is 426 g/mol. The van der Waals surface area contributed by atoms with Crippen molar-refractivity contribution in [3.8, 4) is 5.75 Å². The van der Waals surface area contributed by atoms with Crippen LogP contribution in [-0.4, -0.2) is 61.2 Å². The fourth-order valence-electron chi connectivity index (χ4n) is 5.18. The Morgan fingerprint density at radius 2 is 1.97 bits per heavy atom. The van der Waals surface area contributed by atoms with Gasteiger partial charge in [0, 0.05) is 19.1 Å². The van der Waals surface area contributed by atoms with Gasteiger partial charge >= 0.3 is 0 Å². The van der Waals surface area contributed by atoms with Gasteiger partial charge < -0.3 is 15.3 Å². The summed E-state index contributed by atoms with van der Waals surface area (Å²) in [6.07, 6.45) is 4.82. The summed E-state index contributed by atoms with van der Waals surface area (Å²) in [4.78, 5) is 27.7. The molecule has 2 heterocycles. The number of hydrogen-bond acceptors (Lipinski definition) is 6.